The molecule has 2 heterocycles. The van der Waals surface area contributed by atoms with Gasteiger partial charge < -0.3 is 4.90 Å². The van der Waals surface area contributed by atoms with E-state index in [-0.39, 0.29) is 35.0 Å². The van der Waals surface area contributed by atoms with Gasteiger partial charge in [0.05, 0.1) is 23.3 Å². The van der Waals surface area contributed by atoms with Gasteiger partial charge in [-0.25, -0.2) is 0 Å². The zero-order chi connectivity index (χ0) is 19.5. The molecule has 2 aliphatic carbocycles. The summed E-state index contributed by atoms with van der Waals surface area (Å²) in [6.45, 7) is 4.27. The van der Waals surface area contributed by atoms with E-state index in [9.17, 15) is 9.59 Å². The number of aliphatic imine (C=N–C) groups is 1. The van der Waals surface area contributed by atoms with Crippen molar-refractivity contribution in [1.29, 1.82) is 0 Å². The number of fused-ring (bicyclic) bond motifs is 2. The van der Waals surface area contributed by atoms with Crippen LogP contribution >= 0.6 is 11.3 Å². The number of ketones is 1. The van der Waals surface area contributed by atoms with Crippen molar-refractivity contribution in [3.05, 3.63) is 46.7 Å². The van der Waals surface area contributed by atoms with Crippen molar-refractivity contribution in [3.8, 4) is 0 Å². The second-order valence-corrected chi connectivity index (χ2v) is 9.98. The molecule has 1 amide bonds. The van der Waals surface area contributed by atoms with Crippen LogP contribution in [0.1, 0.15) is 50.4 Å². The molecule has 4 nitrogen and oxygen atoms in total. The molecular formula is C23H24N2O2S. The molecule has 0 radical (unpaired) electrons. The smallest absolute Gasteiger partial charge is 0.230 e. The first-order valence-corrected chi connectivity index (χ1v) is 10.9. The lowest BCUT2D eigenvalue weighted by molar-refractivity contribution is -0.125. The Morgan fingerprint density at radius 2 is 1.93 bits per heavy atom. The third kappa shape index (κ3) is 2.93. The van der Waals surface area contributed by atoms with Crippen molar-refractivity contribution < 1.29 is 9.59 Å². The first-order valence-electron chi connectivity index (χ1n) is 10.0. The van der Waals surface area contributed by atoms with E-state index in [4.69, 9.17) is 4.99 Å². The second-order valence-electron chi connectivity index (χ2n) is 9.00. The molecule has 0 bridgehead atoms. The van der Waals surface area contributed by atoms with Gasteiger partial charge in [-0.05, 0) is 48.3 Å². The van der Waals surface area contributed by atoms with E-state index in [1.54, 1.807) is 11.3 Å². The van der Waals surface area contributed by atoms with Crippen LogP contribution < -0.4 is 4.90 Å². The summed E-state index contributed by atoms with van der Waals surface area (Å²) in [5.41, 5.74) is 2.47. The molecule has 1 aromatic carbocycles. The van der Waals surface area contributed by atoms with Crippen LogP contribution in [0.2, 0.25) is 0 Å². The Kier molecular flexibility index (Phi) is 4.05. The van der Waals surface area contributed by atoms with E-state index in [1.165, 1.54) is 0 Å². The molecule has 2 saturated carbocycles. The maximum Gasteiger partial charge on any atom is 0.230 e. The lowest BCUT2D eigenvalue weighted by atomic mass is 9.68. The van der Waals surface area contributed by atoms with Crippen LogP contribution in [0, 0.1) is 17.3 Å². The molecule has 2 unspecified atom stereocenters. The predicted octanol–water partition coefficient (Wildman–Crippen LogP) is 5.32. The number of Topliss-reactive ketones (excluding diaryl/α,β-unsaturated/α-hetero) is 1. The van der Waals surface area contributed by atoms with Crippen molar-refractivity contribution in [2.24, 2.45) is 22.2 Å². The van der Waals surface area contributed by atoms with Gasteiger partial charge in [0.2, 0.25) is 5.91 Å². The van der Waals surface area contributed by atoms with Gasteiger partial charge in [0.15, 0.2) is 0 Å². The quantitative estimate of drug-likeness (QED) is 0.694. The first kappa shape index (κ1) is 17.8. The SMILES string of the molecule is CC1(C)CC(=O)C2C(=Nc3ccccc3N(C(=O)C3CC3)C2c2cccs2)C1. The average Bonchev–Trinajstić information content (AvgIpc) is 3.37. The van der Waals surface area contributed by atoms with Crippen LogP contribution in [0.4, 0.5) is 11.4 Å². The summed E-state index contributed by atoms with van der Waals surface area (Å²) in [4.78, 5) is 34.8. The molecule has 1 aliphatic heterocycles. The van der Waals surface area contributed by atoms with Crippen molar-refractivity contribution in [1.82, 2.24) is 0 Å². The third-order valence-corrected chi connectivity index (χ3v) is 6.96. The van der Waals surface area contributed by atoms with Crippen LogP contribution in [-0.4, -0.2) is 17.4 Å². The maximum atomic E-state index is 13.5. The second kappa shape index (κ2) is 6.38. The van der Waals surface area contributed by atoms with Gasteiger partial charge in [-0.2, -0.15) is 0 Å². The lowest BCUT2D eigenvalue weighted by Crippen LogP contribution is -2.47. The highest BCUT2D eigenvalue weighted by Crippen LogP contribution is 2.50. The number of thiophene rings is 1. The molecule has 0 saturated heterocycles. The summed E-state index contributed by atoms with van der Waals surface area (Å²) in [6, 6.07) is 11.6. The van der Waals surface area contributed by atoms with E-state index < -0.39 is 0 Å². The fourth-order valence-corrected chi connectivity index (χ4v) is 5.50. The first-order chi connectivity index (χ1) is 13.4. The van der Waals surface area contributed by atoms with Gasteiger partial charge in [-0.1, -0.05) is 32.0 Å². The molecule has 3 aliphatic rings. The highest BCUT2D eigenvalue weighted by molar-refractivity contribution is 7.10. The van der Waals surface area contributed by atoms with Crippen LogP contribution in [0.25, 0.3) is 0 Å². The summed E-state index contributed by atoms with van der Waals surface area (Å²) in [6.07, 6.45) is 3.19. The number of amides is 1. The largest absolute Gasteiger partial charge is 0.301 e. The number of hydrogen-bond acceptors (Lipinski definition) is 4. The number of carbonyl (C=O) groups is 2. The van der Waals surface area contributed by atoms with E-state index in [0.717, 1.165) is 41.2 Å². The van der Waals surface area contributed by atoms with E-state index in [0.29, 0.717) is 6.42 Å². The molecular weight excluding hydrogens is 368 g/mol. The zero-order valence-corrected chi connectivity index (χ0v) is 17.0. The Morgan fingerprint density at radius 1 is 1.14 bits per heavy atom. The van der Waals surface area contributed by atoms with Gasteiger partial charge in [0.25, 0.3) is 0 Å². The summed E-state index contributed by atoms with van der Waals surface area (Å²) in [5.74, 6) is 0.0590. The number of nitrogens with zero attached hydrogens (tertiary/aromatic N) is 2. The van der Waals surface area contributed by atoms with Crippen LogP contribution in [0.15, 0.2) is 46.8 Å². The summed E-state index contributed by atoms with van der Waals surface area (Å²) >= 11 is 1.62. The summed E-state index contributed by atoms with van der Waals surface area (Å²) in [5, 5.41) is 2.03. The molecule has 0 N–H and O–H groups in total. The van der Waals surface area contributed by atoms with E-state index in [1.807, 2.05) is 40.6 Å². The molecule has 1 aromatic heterocycles. The van der Waals surface area contributed by atoms with Gasteiger partial charge in [-0.15, -0.1) is 11.3 Å². The maximum absolute atomic E-state index is 13.5. The molecule has 5 heteroatoms. The normalized spacial score (nSPS) is 26.1. The standard InChI is InChI=1S/C23H24N2O2S/c1-23(2)12-16-20(18(26)13-23)21(19-8-5-11-28-19)25(22(27)14-9-10-14)17-7-4-3-6-15(17)24-16/h3-8,11,14,20-21H,9-10,12-13H2,1-2H3. The molecule has 2 aromatic rings. The minimum Gasteiger partial charge on any atom is -0.301 e. The number of carbonyl (C=O) groups excluding carboxylic acids is 2. The topological polar surface area (TPSA) is 49.7 Å². The predicted molar refractivity (Wildman–Crippen MR) is 112 cm³/mol. The number of rotatable bonds is 2. The highest BCUT2D eigenvalue weighted by atomic mass is 32.1. The van der Waals surface area contributed by atoms with Crippen LogP contribution in [0.5, 0.6) is 0 Å². The lowest BCUT2D eigenvalue weighted by Gasteiger charge is -2.40. The fourth-order valence-electron chi connectivity index (χ4n) is 4.65. The minimum absolute atomic E-state index is 0.0761. The fraction of sp³-hybridized carbons (Fsp3) is 0.435. The Balaban J connectivity index is 1.74. The van der Waals surface area contributed by atoms with Crippen LogP contribution in [-0.2, 0) is 9.59 Å². The van der Waals surface area contributed by atoms with Crippen molar-refractivity contribution >= 4 is 40.1 Å². The molecule has 2 fully saturated rings. The summed E-state index contributed by atoms with van der Waals surface area (Å²) < 4.78 is 0. The Bertz CT molecular complexity index is 972. The Labute approximate surface area is 169 Å². The molecule has 2 atom stereocenters. The van der Waals surface area contributed by atoms with Crippen molar-refractivity contribution in [3.63, 3.8) is 0 Å². The van der Waals surface area contributed by atoms with Gasteiger partial charge in [0, 0.05) is 22.9 Å². The number of para-hydroxylation sites is 2. The van der Waals surface area contributed by atoms with Crippen molar-refractivity contribution in [2.45, 2.75) is 45.6 Å². The average molecular weight is 393 g/mol. The Morgan fingerprint density at radius 3 is 2.64 bits per heavy atom. The van der Waals surface area contributed by atoms with E-state index >= 15 is 0 Å². The van der Waals surface area contributed by atoms with Gasteiger partial charge >= 0.3 is 0 Å². The van der Waals surface area contributed by atoms with Gasteiger partial charge in [-0.3, -0.25) is 14.6 Å². The number of anilines is 1. The Hall–Kier alpha value is -2.27. The monoisotopic (exact) mass is 392 g/mol. The molecule has 5 rings (SSSR count). The summed E-state index contributed by atoms with van der Waals surface area (Å²) in [7, 11) is 0. The third-order valence-electron chi connectivity index (χ3n) is 6.02. The molecule has 28 heavy (non-hydrogen) atoms. The minimum atomic E-state index is -0.359. The molecule has 144 valence electrons. The number of benzene rings is 1. The molecule has 0 spiro atoms. The number of hydrogen-bond donors (Lipinski definition) is 0. The van der Waals surface area contributed by atoms with Gasteiger partial charge in [0.1, 0.15) is 5.78 Å². The van der Waals surface area contributed by atoms with Crippen LogP contribution in [0.3, 0.4) is 0 Å². The van der Waals surface area contributed by atoms with E-state index in [2.05, 4.69) is 19.9 Å². The highest BCUT2D eigenvalue weighted by Gasteiger charge is 2.49. The van der Waals surface area contributed by atoms with Crippen molar-refractivity contribution in [2.75, 3.05) is 4.90 Å². The zero-order valence-electron chi connectivity index (χ0n) is 16.2.